The van der Waals surface area contributed by atoms with Crippen LogP contribution in [-0.4, -0.2) is 45.4 Å². The van der Waals surface area contributed by atoms with Crippen LogP contribution in [0.25, 0.3) is 0 Å². The van der Waals surface area contributed by atoms with Crippen LogP contribution in [0.5, 0.6) is 0 Å². The van der Waals surface area contributed by atoms with Gasteiger partial charge in [0, 0.05) is 18.0 Å². The third-order valence-corrected chi connectivity index (χ3v) is 2.89. The summed E-state index contributed by atoms with van der Waals surface area (Å²) < 4.78 is 43.8. The zero-order chi connectivity index (χ0) is 15.7. The van der Waals surface area contributed by atoms with Gasteiger partial charge in [0.25, 0.3) is 5.72 Å². The van der Waals surface area contributed by atoms with Crippen molar-refractivity contribution in [2.75, 3.05) is 6.61 Å². The molecule has 1 atom stereocenters. The van der Waals surface area contributed by atoms with Crippen LogP contribution < -0.4 is 0 Å². The number of pyridine rings is 1. The predicted octanol–water partition coefficient (Wildman–Crippen LogP) is 1.90. The lowest BCUT2D eigenvalue weighted by molar-refractivity contribution is -0.299. The molecule has 6 nitrogen and oxygen atoms in total. The molecule has 2 heterocycles. The molecule has 1 amide bonds. The molecule has 1 N–H and O–H groups in total. The summed E-state index contributed by atoms with van der Waals surface area (Å²) in [5, 5.41) is 13.4. The molecule has 0 spiro atoms. The normalized spacial score (nSPS) is 22.1. The molecule has 0 bridgehead atoms. The summed E-state index contributed by atoms with van der Waals surface area (Å²) in [5.41, 5.74) is -3.16. The first kappa shape index (κ1) is 15.2. The second-order valence-corrected chi connectivity index (χ2v) is 4.28. The van der Waals surface area contributed by atoms with Crippen molar-refractivity contribution in [2.24, 2.45) is 5.10 Å². The van der Waals surface area contributed by atoms with Gasteiger partial charge in [0.2, 0.25) is 0 Å². The number of amides is 1. The summed E-state index contributed by atoms with van der Waals surface area (Å²) in [6.45, 7) is 1.30. The lowest BCUT2D eigenvalue weighted by Crippen LogP contribution is -2.56. The van der Waals surface area contributed by atoms with Crippen molar-refractivity contribution in [1.82, 2.24) is 9.99 Å². The molecule has 9 heteroatoms. The average Bonchev–Trinajstić information content (AvgIpc) is 2.79. The van der Waals surface area contributed by atoms with Crippen LogP contribution in [0.2, 0.25) is 0 Å². The van der Waals surface area contributed by atoms with Crippen LogP contribution in [0.4, 0.5) is 18.0 Å². The monoisotopic (exact) mass is 303 g/mol. The minimum atomic E-state index is -5.07. The number of carbonyl (C=O) groups excluding carboxylic acids is 1. The molecular formula is C12H12F3N3O3. The van der Waals surface area contributed by atoms with Gasteiger partial charge in [-0.3, -0.25) is 4.98 Å². The number of halogens is 3. The first-order valence-electron chi connectivity index (χ1n) is 6.03. The minimum Gasteiger partial charge on any atom is -0.448 e. The van der Waals surface area contributed by atoms with E-state index in [1.807, 2.05) is 0 Å². The fourth-order valence-corrected chi connectivity index (χ4v) is 1.85. The number of hydrogen-bond donors (Lipinski definition) is 1. The van der Waals surface area contributed by atoms with Gasteiger partial charge in [-0.1, -0.05) is 0 Å². The van der Waals surface area contributed by atoms with Crippen LogP contribution in [0.1, 0.15) is 18.9 Å². The van der Waals surface area contributed by atoms with Crippen LogP contribution in [0.15, 0.2) is 29.6 Å². The summed E-state index contributed by atoms with van der Waals surface area (Å²) in [5.74, 6) is 0. The van der Waals surface area contributed by atoms with Crippen molar-refractivity contribution in [3.8, 4) is 0 Å². The van der Waals surface area contributed by atoms with Crippen LogP contribution in [0, 0.1) is 0 Å². The highest BCUT2D eigenvalue weighted by Crippen LogP contribution is 2.41. The molecule has 0 saturated heterocycles. The largest absolute Gasteiger partial charge is 0.448 e. The Morgan fingerprint density at radius 1 is 1.48 bits per heavy atom. The van der Waals surface area contributed by atoms with Gasteiger partial charge in [-0.2, -0.15) is 23.3 Å². The quantitative estimate of drug-likeness (QED) is 0.905. The fourth-order valence-electron chi connectivity index (χ4n) is 1.85. The molecule has 1 aromatic heterocycles. The number of hydrogen-bond acceptors (Lipinski definition) is 5. The fraction of sp³-hybridized carbons (Fsp3) is 0.417. The van der Waals surface area contributed by atoms with Gasteiger partial charge >= 0.3 is 12.3 Å². The van der Waals surface area contributed by atoms with Gasteiger partial charge in [0.05, 0.1) is 18.7 Å². The minimum absolute atomic E-state index is 0.0632. The van der Waals surface area contributed by atoms with E-state index in [1.165, 1.54) is 31.5 Å². The molecule has 0 fully saturated rings. The first-order valence-corrected chi connectivity index (χ1v) is 6.03. The Bertz CT molecular complexity index is 562. The van der Waals surface area contributed by atoms with E-state index >= 15 is 0 Å². The summed E-state index contributed by atoms with van der Waals surface area (Å²) in [4.78, 5) is 15.3. The molecule has 1 aliphatic heterocycles. The van der Waals surface area contributed by atoms with Gasteiger partial charge in [-0.15, -0.1) is 0 Å². The molecule has 0 radical (unpaired) electrons. The molecule has 114 valence electrons. The molecule has 0 saturated carbocycles. The van der Waals surface area contributed by atoms with E-state index < -0.39 is 24.4 Å². The SMILES string of the molecule is CCOC(=O)N1N=C(c2ccncc2)CC1(O)C(F)(F)F. The van der Waals surface area contributed by atoms with E-state index in [-0.39, 0.29) is 17.3 Å². The maximum atomic E-state index is 13.1. The van der Waals surface area contributed by atoms with Crippen molar-refractivity contribution in [1.29, 1.82) is 0 Å². The summed E-state index contributed by atoms with van der Waals surface area (Å²) in [6, 6.07) is 2.87. The van der Waals surface area contributed by atoms with Gasteiger partial charge in [0.1, 0.15) is 0 Å². The zero-order valence-corrected chi connectivity index (χ0v) is 11.0. The molecule has 1 unspecified atom stereocenters. The Kier molecular flexibility index (Phi) is 3.86. The summed E-state index contributed by atoms with van der Waals surface area (Å²) >= 11 is 0. The Labute approximate surface area is 117 Å². The van der Waals surface area contributed by atoms with Gasteiger partial charge < -0.3 is 9.84 Å². The Hall–Kier alpha value is -2.16. The number of aliphatic hydroxyl groups is 1. The molecular weight excluding hydrogens is 291 g/mol. The second kappa shape index (κ2) is 5.32. The third kappa shape index (κ3) is 2.68. The maximum absolute atomic E-state index is 13.1. The van der Waals surface area contributed by atoms with Crippen molar-refractivity contribution in [3.05, 3.63) is 30.1 Å². The second-order valence-electron chi connectivity index (χ2n) is 4.28. The van der Waals surface area contributed by atoms with Crippen LogP contribution in [0.3, 0.4) is 0 Å². The van der Waals surface area contributed by atoms with E-state index in [9.17, 15) is 23.1 Å². The van der Waals surface area contributed by atoms with Gasteiger partial charge in [-0.25, -0.2) is 4.79 Å². The Morgan fingerprint density at radius 2 is 2.10 bits per heavy atom. The molecule has 0 aromatic carbocycles. The smallest absolute Gasteiger partial charge is 0.439 e. The number of ether oxygens (including phenoxy) is 1. The number of alkyl halides is 3. The predicted molar refractivity (Wildman–Crippen MR) is 65.3 cm³/mol. The number of hydrazone groups is 1. The standard InChI is InChI=1S/C12H12F3N3O3/c1-2-21-10(19)18-11(20,12(13,14)15)7-9(17-18)8-3-5-16-6-4-8/h3-6,20H,2,7H2,1H3. The van der Waals surface area contributed by atoms with Crippen molar-refractivity contribution in [3.63, 3.8) is 0 Å². The third-order valence-electron chi connectivity index (χ3n) is 2.89. The van der Waals surface area contributed by atoms with Crippen LogP contribution in [-0.2, 0) is 4.74 Å². The van der Waals surface area contributed by atoms with Crippen molar-refractivity contribution >= 4 is 11.8 Å². The summed E-state index contributed by atoms with van der Waals surface area (Å²) in [7, 11) is 0. The number of rotatable bonds is 2. The van der Waals surface area contributed by atoms with E-state index in [1.54, 1.807) is 0 Å². The zero-order valence-electron chi connectivity index (χ0n) is 11.0. The summed E-state index contributed by atoms with van der Waals surface area (Å²) in [6.07, 6.45) is -4.56. The number of aromatic nitrogens is 1. The van der Waals surface area contributed by atoms with Crippen LogP contribution >= 0.6 is 0 Å². The first-order chi connectivity index (χ1) is 9.79. The molecule has 2 rings (SSSR count). The van der Waals surface area contributed by atoms with Gasteiger partial charge in [-0.05, 0) is 19.1 Å². The lowest BCUT2D eigenvalue weighted by atomic mass is 10.0. The highest BCUT2D eigenvalue weighted by atomic mass is 19.4. The molecule has 1 aromatic rings. The molecule has 21 heavy (non-hydrogen) atoms. The lowest BCUT2D eigenvalue weighted by Gasteiger charge is -2.31. The Balaban J connectivity index is 2.40. The average molecular weight is 303 g/mol. The number of carbonyl (C=O) groups is 1. The van der Waals surface area contributed by atoms with Crippen molar-refractivity contribution < 1.29 is 27.8 Å². The number of nitrogens with zero attached hydrogens (tertiary/aromatic N) is 3. The van der Waals surface area contributed by atoms with E-state index in [4.69, 9.17) is 0 Å². The Morgan fingerprint density at radius 3 is 2.62 bits per heavy atom. The highest BCUT2D eigenvalue weighted by Gasteiger charge is 2.64. The van der Waals surface area contributed by atoms with Crippen molar-refractivity contribution in [2.45, 2.75) is 25.2 Å². The molecule has 1 aliphatic rings. The van der Waals surface area contributed by atoms with E-state index in [2.05, 4.69) is 14.8 Å². The highest BCUT2D eigenvalue weighted by molar-refractivity contribution is 6.03. The molecule has 0 aliphatic carbocycles. The van der Waals surface area contributed by atoms with E-state index in [0.29, 0.717) is 5.56 Å². The van der Waals surface area contributed by atoms with Gasteiger partial charge in [0.15, 0.2) is 0 Å². The van der Waals surface area contributed by atoms with E-state index in [0.717, 1.165) is 0 Å². The maximum Gasteiger partial charge on any atom is 0.439 e. The topological polar surface area (TPSA) is 75.0 Å².